The van der Waals surface area contributed by atoms with Crippen molar-refractivity contribution in [2.45, 2.75) is 13.0 Å². The monoisotopic (exact) mass is 304 g/mol. The number of thiocarbonyl (C=S) groups is 1. The zero-order valence-electron chi connectivity index (χ0n) is 11.7. The summed E-state index contributed by atoms with van der Waals surface area (Å²) in [4.78, 5) is 25.8. The number of amides is 1. The second-order valence-electron chi connectivity index (χ2n) is 4.72. The van der Waals surface area contributed by atoms with Crippen molar-refractivity contribution in [1.82, 2.24) is 14.7 Å². The molecule has 110 valence electrons. The first-order valence-electron chi connectivity index (χ1n) is 6.46. The van der Waals surface area contributed by atoms with Crippen LogP contribution in [0.3, 0.4) is 0 Å². The number of aromatic nitrogens is 2. The van der Waals surface area contributed by atoms with Gasteiger partial charge in [0.1, 0.15) is 6.54 Å². The van der Waals surface area contributed by atoms with Gasteiger partial charge in [-0.2, -0.15) is 5.10 Å². The van der Waals surface area contributed by atoms with Gasteiger partial charge in [0.05, 0.1) is 16.7 Å². The van der Waals surface area contributed by atoms with Crippen LogP contribution in [0.4, 0.5) is 0 Å². The topological polar surface area (TPSA) is 81.2 Å². The van der Waals surface area contributed by atoms with E-state index in [0.29, 0.717) is 28.9 Å². The minimum atomic E-state index is -0.156. The number of likely N-dealkylation sites (N-methyl/N-ethyl adjacent to an activating group) is 1. The molecular weight excluding hydrogens is 288 g/mol. The van der Waals surface area contributed by atoms with Crippen LogP contribution in [0.25, 0.3) is 10.9 Å². The van der Waals surface area contributed by atoms with Crippen molar-refractivity contribution in [2.75, 3.05) is 13.6 Å². The van der Waals surface area contributed by atoms with Gasteiger partial charge >= 0.3 is 0 Å². The van der Waals surface area contributed by atoms with Gasteiger partial charge in [-0.05, 0) is 12.1 Å². The van der Waals surface area contributed by atoms with E-state index in [1.165, 1.54) is 10.9 Å². The number of benzene rings is 1. The Morgan fingerprint density at radius 2 is 2.14 bits per heavy atom. The number of hydrogen-bond donors (Lipinski definition) is 1. The molecule has 1 heterocycles. The third-order valence-electron chi connectivity index (χ3n) is 3.17. The SMILES string of the molecule is CN(CCC(N)=S)C(=O)Cn1ncc(=O)c2ccccc21. The average Bonchev–Trinajstić information content (AvgIpc) is 2.47. The summed E-state index contributed by atoms with van der Waals surface area (Å²) >= 11 is 4.80. The van der Waals surface area contributed by atoms with Crippen molar-refractivity contribution in [3.8, 4) is 0 Å². The number of carbonyl (C=O) groups is 1. The summed E-state index contributed by atoms with van der Waals surface area (Å²) in [5, 5.41) is 4.58. The predicted octanol–water partition coefficient (Wildman–Crippen LogP) is 0.531. The molecule has 21 heavy (non-hydrogen) atoms. The highest BCUT2D eigenvalue weighted by Gasteiger charge is 2.12. The van der Waals surface area contributed by atoms with E-state index in [1.54, 1.807) is 36.2 Å². The lowest BCUT2D eigenvalue weighted by molar-refractivity contribution is -0.130. The first-order valence-corrected chi connectivity index (χ1v) is 6.87. The van der Waals surface area contributed by atoms with Crippen LogP contribution in [0.2, 0.25) is 0 Å². The van der Waals surface area contributed by atoms with Crippen LogP contribution in [0.5, 0.6) is 0 Å². The molecule has 0 saturated heterocycles. The summed E-state index contributed by atoms with van der Waals surface area (Å²) in [7, 11) is 1.69. The maximum atomic E-state index is 12.2. The molecule has 7 heteroatoms. The Labute approximate surface area is 127 Å². The molecule has 1 aromatic heterocycles. The van der Waals surface area contributed by atoms with E-state index >= 15 is 0 Å². The normalized spacial score (nSPS) is 10.5. The Kier molecular flexibility index (Phi) is 4.64. The third kappa shape index (κ3) is 3.63. The molecule has 0 atom stereocenters. The first-order chi connectivity index (χ1) is 9.99. The number of nitrogens with two attached hydrogens (primary N) is 1. The molecule has 0 fully saturated rings. The van der Waals surface area contributed by atoms with Crippen molar-refractivity contribution >= 4 is 34.0 Å². The summed E-state index contributed by atoms with van der Waals surface area (Å²) in [6.07, 6.45) is 1.71. The molecule has 0 aliphatic heterocycles. The van der Waals surface area contributed by atoms with E-state index in [2.05, 4.69) is 5.10 Å². The summed E-state index contributed by atoms with van der Waals surface area (Å²) in [6.45, 7) is 0.529. The van der Waals surface area contributed by atoms with Crippen LogP contribution in [-0.2, 0) is 11.3 Å². The Morgan fingerprint density at radius 1 is 1.43 bits per heavy atom. The van der Waals surface area contributed by atoms with Gasteiger partial charge in [0.25, 0.3) is 0 Å². The first kappa shape index (κ1) is 15.1. The van der Waals surface area contributed by atoms with Crippen LogP contribution in [0, 0.1) is 0 Å². The largest absolute Gasteiger partial charge is 0.393 e. The molecule has 1 amide bonds. The molecule has 0 saturated carbocycles. The molecule has 2 N–H and O–H groups in total. The lowest BCUT2D eigenvalue weighted by Gasteiger charge is -2.18. The Hall–Kier alpha value is -2.28. The minimum absolute atomic E-state index is 0.0641. The zero-order valence-corrected chi connectivity index (χ0v) is 12.5. The standard InChI is InChI=1S/C14H16N4O2S/c1-17(7-6-13(15)21)14(20)9-18-11-5-3-2-4-10(11)12(19)8-16-18/h2-5,8H,6-7,9H2,1H3,(H2,15,21). The Balaban J connectivity index is 2.20. The fraction of sp³-hybridized carbons (Fsp3) is 0.286. The van der Waals surface area contributed by atoms with Crippen molar-refractivity contribution in [1.29, 1.82) is 0 Å². The second kappa shape index (κ2) is 6.45. The van der Waals surface area contributed by atoms with Crippen LogP contribution in [0.15, 0.2) is 35.3 Å². The van der Waals surface area contributed by atoms with Crippen LogP contribution >= 0.6 is 12.2 Å². The van der Waals surface area contributed by atoms with Gasteiger partial charge in [-0.3, -0.25) is 14.3 Å². The van der Waals surface area contributed by atoms with Gasteiger partial charge in [0, 0.05) is 25.4 Å². The second-order valence-corrected chi connectivity index (χ2v) is 5.24. The molecule has 0 aliphatic rings. The van der Waals surface area contributed by atoms with Crippen molar-refractivity contribution in [3.05, 3.63) is 40.7 Å². The van der Waals surface area contributed by atoms with Crippen molar-refractivity contribution < 1.29 is 4.79 Å². The van der Waals surface area contributed by atoms with E-state index in [9.17, 15) is 9.59 Å². The summed E-state index contributed by atoms with van der Waals surface area (Å²) in [5.41, 5.74) is 5.91. The fourth-order valence-electron chi connectivity index (χ4n) is 1.94. The molecule has 2 aromatic rings. The molecule has 0 spiro atoms. The Morgan fingerprint density at radius 3 is 2.86 bits per heavy atom. The van der Waals surface area contributed by atoms with Crippen LogP contribution in [-0.4, -0.2) is 39.2 Å². The van der Waals surface area contributed by atoms with Crippen LogP contribution < -0.4 is 11.2 Å². The smallest absolute Gasteiger partial charge is 0.244 e. The molecule has 0 bridgehead atoms. The number of fused-ring (bicyclic) bond motifs is 1. The van der Waals surface area contributed by atoms with Gasteiger partial charge in [0.15, 0.2) is 0 Å². The highest BCUT2D eigenvalue weighted by Crippen LogP contribution is 2.08. The van der Waals surface area contributed by atoms with Gasteiger partial charge in [-0.25, -0.2) is 0 Å². The molecule has 6 nitrogen and oxygen atoms in total. The van der Waals surface area contributed by atoms with Crippen molar-refractivity contribution in [3.63, 3.8) is 0 Å². The number of carbonyl (C=O) groups excluding carboxylic acids is 1. The molecule has 0 aliphatic carbocycles. The molecule has 0 radical (unpaired) electrons. The minimum Gasteiger partial charge on any atom is -0.393 e. The van der Waals surface area contributed by atoms with Crippen molar-refractivity contribution in [2.24, 2.45) is 5.73 Å². The maximum Gasteiger partial charge on any atom is 0.244 e. The highest BCUT2D eigenvalue weighted by atomic mass is 32.1. The molecule has 1 aromatic carbocycles. The molecular formula is C14H16N4O2S. The zero-order chi connectivity index (χ0) is 15.4. The lowest BCUT2D eigenvalue weighted by atomic mass is 10.2. The molecule has 2 rings (SSSR count). The third-order valence-corrected chi connectivity index (χ3v) is 3.37. The summed E-state index contributed by atoms with van der Waals surface area (Å²) in [6, 6.07) is 7.08. The quantitative estimate of drug-likeness (QED) is 0.815. The van der Waals surface area contributed by atoms with Crippen LogP contribution in [0.1, 0.15) is 6.42 Å². The molecule has 0 unspecified atom stereocenters. The van der Waals surface area contributed by atoms with Gasteiger partial charge in [-0.1, -0.05) is 24.4 Å². The highest BCUT2D eigenvalue weighted by molar-refractivity contribution is 7.80. The van der Waals surface area contributed by atoms with Gasteiger partial charge < -0.3 is 10.6 Å². The number of rotatable bonds is 5. The van der Waals surface area contributed by atoms with Gasteiger partial charge in [-0.15, -0.1) is 0 Å². The number of para-hydroxylation sites is 1. The van der Waals surface area contributed by atoms with E-state index in [0.717, 1.165) is 0 Å². The fourth-order valence-corrected chi connectivity index (χ4v) is 2.03. The number of hydrogen-bond acceptors (Lipinski definition) is 4. The Bertz CT molecular complexity index is 741. The van der Waals surface area contributed by atoms with E-state index in [-0.39, 0.29) is 17.9 Å². The summed E-state index contributed by atoms with van der Waals surface area (Å²) in [5.74, 6) is -0.118. The van der Waals surface area contributed by atoms with E-state index in [1.807, 2.05) is 0 Å². The van der Waals surface area contributed by atoms with Gasteiger partial charge in [0.2, 0.25) is 11.3 Å². The van der Waals surface area contributed by atoms with E-state index < -0.39 is 0 Å². The lowest BCUT2D eigenvalue weighted by Crippen LogP contribution is -2.33. The average molecular weight is 304 g/mol. The number of nitrogens with zero attached hydrogens (tertiary/aromatic N) is 3. The maximum absolute atomic E-state index is 12.2. The van der Waals surface area contributed by atoms with E-state index in [4.69, 9.17) is 18.0 Å². The summed E-state index contributed by atoms with van der Waals surface area (Å²) < 4.78 is 1.52. The predicted molar refractivity (Wildman–Crippen MR) is 85.0 cm³/mol.